The lowest BCUT2D eigenvalue weighted by Crippen LogP contribution is -2.49. The van der Waals surface area contributed by atoms with Gasteiger partial charge in [-0.3, -0.25) is 4.79 Å². The van der Waals surface area contributed by atoms with Crippen molar-refractivity contribution in [2.45, 2.75) is 13.0 Å². The van der Waals surface area contributed by atoms with Gasteiger partial charge in [0, 0.05) is 31.9 Å². The van der Waals surface area contributed by atoms with Gasteiger partial charge in [0.15, 0.2) is 0 Å². The highest BCUT2D eigenvalue weighted by Gasteiger charge is 2.21. The second-order valence-electron chi connectivity index (χ2n) is 6.56. The van der Waals surface area contributed by atoms with E-state index in [1.165, 1.54) is 0 Å². The van der Waals surface area contributed by atoms with Crippen molar-refractivity contribution < 1.29 is 19.5 Å². The van der Waals surface area contributed by atoms with Crippen LogP contribution in [-0.4, -0.2) is 49.2 Å². The average molecular weight is 385 g/mol. The number of ether oxygens (including phenoxy) is 1. The van der Waals surface area contributed by atoms with Crippen molar-refractivity contribution in [1.82, 2.24) is 4.90 Å². The lowest BCUT2D eigenvalue weighted by Gasteiger charge is -2.36. The molecule has 3 rings (SSSR count). The van der Waals surface area contributed by atoms with Crippen LogP contribution in [0, 0.1) is 10.1 Å². The molecule has 2 aromatic rings. The Kier molecular flexibility index (Phi) is 6.31. The monoisotopic (exact) mass is 385 g/mol. The molecule has 1 aliphatic heterocycles. The van der Waals surface area contributed by atoms with E-state index in [-0.39, 0.29) is 12.5 Å². The summed E-state index contributed by atoms with van der Waals surface area (Å²) in [5.41, 5.74) is 2.70. The highest BCUT2D eigenvalue weighted by molar-refractivity contribution is 5.79. The maximum atomic E-state index is 12.6. The molecular weight excluding hydrogens is 362 g/mol. The number of piperazine rings is 1. The van der Waals surface area contributed by atoms with Crippen molar-refractivity contribution in [3.63, 3.8) is 0 Å². The van der Waals surface area contributed by atoms with Crippen molar-refractivity contribution in [3.8, 4) is 5.75 Å². The van der Waals surface area contributed by atoms with E-state index in [1.54, 1.807) is 19.2 Å². The molecule has 1 fully saturated rings. The molecule has 28 heavy (non-hydrogen) atoms. The molecule has 8 nitrogen and oxygen atoms in total. The topological polar surface area (TPSA) is 85.2 Å². The average Bonchev–Trinajstić information content (AvgIpc) is 2.73. The van der Waals surface area contributed by atoms with Crippen molar-refractivity contribution in [2.24, 2.45) is 0 Å². The summed E-state index contributed by atoms with van der Waals surface area (Å²) in [7, 11) is 1.65. The van der Waals surface area contributed by atoms with Gasteiger partial charge in [0.1, 0.15) is 12.4 Å². The molecular formula is C20H23N3O5. The molecule has 0 aliphatic carbocycles. The largest absolute Gasteiger partial charge is 0.497 e. The predicted molar refractivity (Wildman–Crippen MR) is 104 cm³/mol. The Bertz CT molecular complexity index is 800. The Morgan fingerprint density at radius 2 is 1.61 bits per heavy atom. The first-order valence-corrected chi connectivity index (χ1v) is 9.07. The van der Waals surface area contributed by atoms with Crippen LogP contribution in [-0.2, 0) is 22.7 Å². The highest BCUT2D eigenvalue weighted by Crippen LogP contribution is 2.20. The Hall–Kier alpha value is -3.29. The van der Waals surface area contributed by atoms with Crippen LogP contribution in [0.3, 0.4) is 0 Å². The van der Waals surface area contributed by atoms with E-state index in [4.69, 9.17) is 4.74 Å². The Morgan fingerprint density at radius 3 is 2.18 bits per heavy atom. The molecule has 0 spiro atoms. The molecule has 2 aromatic carbocycles. The predicted octanol–water partition coefficient (Wildman–Crippen LogP) is 2.29. The van der Waals surface area contributed by atoms with Crippen LogP contribution in [0.5, 0.6) is 5.75 Å². The maximum Gasteiger partial charge on any atom is 0.294 e. The molecule has 0 atom stereocenters. The van der Waals surface area contributed by atoms with Crippen molar-refractivity contribution in [2.75, 3.05) is 38.2 Å². The highest BCUT2D eigenvalue weighted by atomic mass is 16.9. The summed E-state index contributed by atoms with van der Waals surface area (Å²) in [6, 6.07) is 15.0. The Morgan fingerprint density at radius 1 is 1.00 bits per heavy atom. The van der Waals surface area contributed by atoms with Gasteiger partial charge in [0.2, 0.25) is 5.91 Å². The van der Waals surface area contributed by atoms with Crippen LogP contribution in [0.25, 0.3) is 0 Å². The van der Waals surface area contributed by atoms with E-state index in [2.05, 4.69) is 9.74 Å². The summed E-state index contributed by atoms with van der Waals surface area (Å²) in [5, 5.41) is 9.41. The molecule has 1 aliphatic rings. The molecule has 0 bridgehead atoms. The zero-order chi connectivity index (χ0) is 19.9. The number of methoxy groups -OCH3 is 1. The van der Waals surface area contributed by atoms with Gasteiger partial charge in [-0.25, -0.2) is 0 Å². The summed E-state index contributed by atoms with van der Waals surface area (Å²) in [6.07, 6.45) is 0.318. The van der Waals surface area contributed by atoms with Crippen molar-refractivity contribution in [1.29, 1.82) is 0 Å². The van der Waals surface area contributed by atoms with Crippen LogP contribution >= 0.6 is 0 Å². The first-order valence-electron chi connectivity index (χ1n) is 9.07. The van der Waals surface area contributed by atoms with E-state index in [0.717, 1.165) is 30.1 Å². The van der Waals surface area contributed by atoms with Crippen LogP contribution < -0.4 is 9.64 Å². The molecule has 1 heterocycles. The Balaban J connectivity index is 1.48. The third-order valence-electron chi connectivity index (χ3n) is 4.78. The summed E-state index contributed by atoms with van der Waals surface area (Å²) >= 11 is 0. The van der Waals surface area contributed by atoms with Crippen LogP contribution in [0.4, 0.5) is 5.69 Å². The van der Waals surface area contributed by atoms with Crippen LogP contribution in [0.1, 0.15) is 11.1 Å². The number of rotatable bonds is 7. The van der Waals surface area contributed by atoms with E-state index in [0.29, 0.717) is 25.1 Å². The normalized spacial score (nSPS) is 13.9. The van der Waals surface area contributed by atoms with Crippen LogP contribution in [0.2, 0.25) is 0 Å². The van der Waals surface area contributed by atoms with Gasteiger partial charge < -0.3 is 19.4 Å². The summed E-state index contributed by atoms with van der Waals surface area (Å²) in [5.74, 6) is 0.914. The summed E-state index contributed by atoms with van der Waals surface area (Å²) < 4.78 is 5.18. The van der Waals surface area contributed by atoms with E-state index in [9.17, 15) is 14.9 Å². The molecule has 148 valence electrons. The first kappa shape index (κ1) is 19.5. The molecule has 0 saturated carbocycles. The third-order valence-corrected chi connectivity index (χ3v) is 4.78. The minimum absolute atomic E-state index is 0.0867. The van der Waals surface area contributed by atoms with Gasteiger partial charge in [-0.2, -0.15) is 0 Å². The molecule has 0 radical (unpaired) electrons. The van der Waals surface area contributed by atoms with Gasteiger partial charge in [-0.15, -0.1) is 10.1 Å². The van der Waals surface area contributed by atoms with Gasteiger partial charge in [-0.05, 0) is 35.4 Å². The minimum Gasteiger partial charge on any atom is -0.497 e. The number of amides is 1. The number of anilines is 1. The standard InChI is InChI=1S/C20H23N3O5/c1-27-19-8-6-18(7-9-19)21-10-12-22(13-11-21)20(24)14-16-2-4-17(5-3-16)15-28-23(25)26/h2-9H,10-15H2,1H3. The zero-order valence-corrected chi connectivity index (χ0v) is 15.7. The Labute approximate surface area is 163 Å². The van der Waals surface area contributed by atoms with Crippen molar-refractivity contribution >= 4 is 11.6 Å². The van der Waals surface area contributed by atoms with Gasteiger partial charge in [0.25, 0.3) is 5.09 Å². The second kappa shape index (κ2) is 9.07. The molecule has 8 heteroatoms. The number of hydrogen-bond donors (Lipinski definition) is 0. The number of hydrogen-bond acceptors (Lipinski definition) is 6. The van der Waals surface area contributed by atoms with E-state index >= 15 is 0 Å². The number of carbonyl (C=O) groups excluding carboxylic acids is 1. The lowest BCUT2D eigenvalue weighted by molar-refractivity contribution is -0.763. The quantitative estimate of drug-likeness (QED) is 0.537. The maximum absolute atomic E-state index is 12.6. The fourth-order valence-corrected chi connectivity index (χ4v) is 3.17. The van der Waals surface area contributed by atoms with E-state index in [1.807, 2.05) is 41.3 Å². The third kappa shape index (κ3) is 5.12. The van der Waals surface area contributed by atoms with E-state index < -0.39 is 5.09 Å². The molecule has 0 unspecified atom stereocenters. The van der Waals surface area contributed by atoms with Crippen molar-refractivity contribution in [3.05, 3.63) is 69.8 Å². The van der Waals surface area contributed by atoms with Gasteiger partial charge in [-0.1, -0.05) is 24.3 Å². The zero-order valence-electron chi connectivity index (χ0n) is 15.7. The molecule has 0 N–H and O–H groups in total. The smallest absolute Gasteiger partial charge is 0.294 e. The number of benzene rings is 2. The van der Waals surface area contributed by atoms with Crippen LogP contribution in [0.15, 0.2) is 48.5 Å². The molecule has 1 saturated heterocycles. The molecule has 0 aromatic heterocycles. The fourth-order valence-electron chi connectivity index (χ4n) is 3.17. The summed E-state index contributed by atoms with van der Waals surface area (Å²) in [4.78, 5) is 31.3. The number of carbonyl (C=O) groups is 1. The first-order chi connectivity index (χ1) is 13.5. The molecule has 1 amide bonds. The van der Waals surface area contributed by atoms with Gasteiger partial charge in [0.05, 0.1) is 13.5 Å². The number of nitrogens with zero attached hydrogens (tertiary/aromatic N) is 3. The minimum atomic E-state index is -0.816. The SMILES string of the molecule is COc1ccc(N2CCN(C(=O)Cc3ccc(CO[N+](=O)[O-])cc3)CC2)cc1. The lowest BCUT2D eigenvalue weighted by atomic mass is 10.1. The van der Waals surface area contributed by atoms with Gasteiger partial charge >= 0.3 is 0 Å². The second-order valence-corrected chi connectivity index (χ2v) is 6.56. The fraction of sp³-hybridized carbons (Fsp3) is 0.350. The summed E-state index contributed by atoms with van der Waals surface area (Å²) in [6.45, 7) is 2.85.